The fourth-order valence-electron chi connectivity index (χ4n) is 2.75. The van der Waals surface area contributed by atoms with Crippen LogP contribution in [0, 0.1) is 5.41 Å². The molecule has 0 aromatic heterocycles. The molecule has 20 heavy (non-hydrogen) atoms. The van der Waals surface area contributed by atoms with E-state index in [2.05, 4.69) is 48.7 Å². The van der Waals surface area contributed by atoms with Gasteiger partial charge in [-0.05, 0) is 51.6 Å². The molecular formula is C17H26N2O. The molecule has 110 valence electrons. The van der Waals surface area contributed by atoms with Crippen molar-refractivity contribution in [2.45, 2.75) is 45.6 Å². The van der Waals surface area contributed by atoms with Gasteiger partial charge >= 0.3 is 0 Å². The van der Waals surface area contributed by atoms with Crippen LogP contribution in [-0.4, -0.2) is 25.0 Å². The molecule has 0 aliphatic carbocycles. The van der Waals surface area contributed by atoms with E-state index in [1.807, 2.05) is 6.07 Å². The lowest BCUT2D eigenvalue weighted by atomic mass is 9.81. The standard InChI is InChI=1S/C17H26N2O/c1-14(9-10-15-7-4-3-5-8-15)19-16(20)17(2)11-6-12-18-13-17/h3-5,7-8,14,18H,6,9-13H2,1-2H3,(H,19,20). The highest BCUT2D eigenvalue weighted by molar-refractivity contribution is 5.82. The van der Waals surface area contributed by atoms with Gasteiger partial charge in [-0.15, -0.1) is 0 Å². The second-order valence-electron chi connectivity index (χ2n) is 6.24. The number of carbonyl (C=O) groups is 1. The van der Waals surface area contributed by atoms with Gasteiger partial charge in [0.25, 0.3) is 0 Å². The third kappa shape index (κ3) is 4.07. The molecule has 2 N–H and O–H groups in total. The zero-order valence-corrected chi connectivity index (χ0v) is 12.6. The predicted octanol–water partition coefficient (Wildman–Crippen LogP) is 2.51. The summed E-state index contributed by atoms with van der Waals surface area (Å²) in [6.07, 6.45) is 4.07. The second kappa shape index (κ2) is 6.89. The zero-order chi connectivity index (χ0) is 14.4. The van der Waals surface area contributed by atoms with Crippen molar-refractivity contribution in [2.75, 3.05) is 13.1 Å². The molecule has 1 aromatic rings. The number of hydrogen-bond donors (Lipinski definition) is 2. The monoisotopic (exact) mass is 274 g/mol. The molecule has 1 aliphatic heterocycles. The number of benzene rings is 1. The van der Waals surface area contributed by atoms with E-state index in [1.54, 1.807) is 0 Å². The fraction of sp³-hybridized carbons (Fsp3) is 0.588. The number of piperidine rings is 1. The molecule has 0 saturated carbocycles. The Labute approximate surface area is 122 Å². The summed E-state index contributed by atoms with van der Waals surface area (Å²) in [7, 11) is 0. The molecule has 1 fully saturated rings. The topological polar surface area (TPSA) is 41.1 Å². The van der Waals surface area contributed by atoms with Crippen LogP contribution >= 0.6 is 0 Å². The van der Waals surface area contributed by atoms with Crippen LogP contribution in [0.15, 0.2) is 30.3 Å². The first-order valence-corrected chi connectivity index (χ1v) is 7.66. The minimum atomic E-state index is -0.237. The molecule has 1 heterocycles. The number of rotatable bonds is 5. The van der Waals surface area contributed by atoms with E-state index in [1.165, 1.54) is 5.56 Å². The van der Waals surface area contributed by atoms with E-state index in [9.17, 15) is 4.79 Å². The first-order chi connectivity index (χ1) is 9.60. The zero-order valence-electron chi connectivity index (χ0n) is 12.6. The van der Waals surface area contributed by atoms with Crippen molar-refractivity contribution in [2.24, 2.45) is 5.41 Å². The van der Waals surface area contributed by atoms with Crippen LogP contribution < -0.4 is 10.6 Å². The molecule has 1 saturated heterocycles. The maximum Gasteiger partial charge on any atom is 0.227 e. The van der Waals surface area contributed by atoms with E-state index >= 15 is 0 Å². The number of aryl methyl sites for hydroxylation is 1. The lowest BCUT2D eigenvalue weighted by molar-refractivity contribution is -0.131. The number of nitrogens with one attached hydrogen (secondary N) is 2. The number of carbonyl (C=O) groups excluding carboxylic acids is 1. The van der Waals surface area contributed by atoms with Crippen molar-refractivity contribution in [3.05, 3.63) is 35.9 Å². The van der Waals surface area contributed by atoms with Crippen molar-refractivity contribution in [3.63, 3.8) is 0 Å². The van der Waals surface area contributed by atoms with E-state index in [0.29, 0.717) is 0 Å². The summed E-state index contributed by atoms with van der Waals surface area (Å²) in [5, 5.41) is 6.51. The molecule has 2 unspecified atom stereocenters. The number of hydrogen-bond acceptors (Lipinski definition) is 2. The molecule has 1 amide bonds. The summed E-state index contributed by atoms with van der Waals surface area (Å²) in [6, 6.07) is 10.7. The van der Waals surface area contributed by atoms with Crippen molar-refractivity contribution in [3.8, 4) is 0 Å². The first kappa shape index (κ1) is 15.0. The van der Waals surface area contributed by atoms with Gasteiger partial charge in [-0.3, -0.25) is 4.79 Å². The fourth-order valence-corrected chi connectivity index (χ4v) is 2.75. The molecule has 1 aliphatic rings. The highest BCUT2D eigenvalue weighted by atomic mass is 16.2. The Bertz CT molecular complexity index is 424. The molecule has 0 spiro atoms. The molecule has 2 rings (SSSR count). The third-order valence-electron chi connectivity index (χ3n) is 4.23. The predicted molar refractivity (Wildman–Crippen MR) is 82.6 cm³/mol. The highest BCUT2D eigenvalue weighted by Crippen LogP contribution is 2.25. The largest absolute Gasteiger partial charge is 0.353 e. The van der Waals surface area contributed by atoms with Crippen molar-refractivity contribution < 1.29 is 4.79 Å². The van der Waals surface area contributed by atoms with Crippen LogP contribution in [0.2, 0.25) is 0 Å². The third-order valence-corrected chi connectivity index (χ3v) is 4.23. The molecule has 3 nitrogen and oxygen atoms in total. The quantitative estimate of drug-likeness (QED) is 0.866. The van der Waals surface area contributed by atoms with Gasteiger partial charge in [-0.2, -0.15) is 0 Å². The second-order valence-corrected chi connectivity index (χ2v) is 6.24. The van der Waals surface area contributed by atoms with Gasteiger partial charge in [0.05, 0.1) is 5.41 Å². The Balaban J connectivity index is 1.79. The molecular weight excluding hydrogens is 248 g/mol. The van der Waals surface area contributed by atoms with E-state index in [-0.39, 0.29) is 17.4 Å². The first-order valence-electron chi connectivity index (χ1n) is 7.66. The Morgan fingerprint density at radius 2 is 2.15 bits per heavy atom. The van der Waals surface area contributed by atoms with Crippen molar-refractivity contribution >= 4 is 5.91 Å². The van der Waals surface area contributed by atoms with Gasteiger partial charge in [-0.1, -0.05) is 30.3 Å². The average molecular weight is 274 g/mol. The Morgan fingerprint density at radius 3 is 2.80 bits per heavy atom. The van der Waals surface area contributed by atoms with Crippen LogP contribution in [0.3, 0.4) is 0 Å². The smallest absolute Gasteiger partial charge is 0.227 e. The van der Waals surface area contributed by atoms with Crippen molar-refractivity contribution in [1.82, 2.24) is 10.6 Å². The van der Waals surface area contributed by atoms with Gasteiger partial charge in [0.1, 0.15) is 0 Å². The Morgan fingerprint density at radius 1 is 1.40 bits per heavy atom. The van der Waals surface area contributed by atoms with Gasteiger partial charge < -0.3 is 10.6 Å². The summed E-state index contributed by atoms with van der Waals surface area (Å²) in [5.74, 6) is 0.199. The maximum atomic E-state index is 12.4. The van der Waals surface area contributed by atoms with Gasteiger partial charge in [0.15, 0.2) is 0 Å². The van der Waals surface area contributed by atoms with Gasteiger partial charge in [0.2, 0.25) is 5.91 Å². The molecule has 0 radical (unpaired) electrons. The molecule has 0 bridgehead atoms. The van der Waals surface area contributed by atoms with Crippen LogP contribution in [0.25, 0.3) is 0 Å². The summed E-state index contributed by atoms with van der Waals surface area (Å²) in [6.45, 7) is 6.00. The lowest BCUT2D eigenvalue weighted by Crippen LogP contribution is -2.50. The van der Waals surface area contributed by atoms with Gasteiger partial charge in [0, 0.05) is 12.6 Å². The van der Waals surface area contributed by atoms with E-state index in [0.717, 1.165) is 38.8 Å². The molecule has 1 aromatic carbocycles. The Kier molecular flexibility index (Phi) is 5.18. The van der Waals surface area contributed by atoms with Crippen LogP contribution in [0.4, 0.5) is 0 Å². The molecule has 3 heteroatoms. The Hall–Kier alpha value is -1.35. The highest BCUT2D eigenvalue weighted by Gasteiger charge is 2.34. The van der Waals surface area contributed by atoms with Crippen LogP contribution in [0.5, 0.6) is 0 Å². The van der Waals surface area contributed by atoms with Crippen LogP contribution in [-0.2, 0) is 11.2 Å². The van der Waals surface area contributed by atoms with Crippen LogP contribution in [0.1, 0.15) is 38.7 Å². The molecule has 2 atom stereocenters. The summed E-state index contributed by atoms with van der Waals surface area (Å²) >= 11 is 0. The maximum absolute atomic E-state index is 12.4. The number of amides is 1. The summed E-state index contributed by atoms with van der Waals surface area (Å²) in [5.41, 5.74) is 1.10. The van der Waals surface area contributed by atoms with E-state index in [4.69, 9.17) is 0 Å². The van der Waals surface area contributed by atoms with Gasteiger partial charge in [-0.25, -0.2) is 0 Å². The minimum absolute atomic E-state index is 0.199. The summed E-state index contributed by atoms with van der Waals surface area (Å²) < 4.78 is 0. The van der Waals surface area contributed by atoms with Crippen molar-refractivity contribution in [1.29, 1.82) is 0 Å². The summed E-state index contributed by atoms with van der Waals surface area (Å²) in [4.78, 5) is 12.4. The van der Waals surface area contributed by atoms with E-state index < -0.39 is 0 Å². The normalized spacial score (nSPS) is 24.1. The minimum Gasteiger partial charge on any atom is -0.353 e. The lowest BCUT2D eigenvalue weighted by Gasteiger charge is -2.33. The average Bonchev–Trinajstić information content (AvgIpc) is 2.47. The SMILES string of the molecule is CC(CCc1ccccc1)NC(=O)C1(C)CCCNC1.